The number of hydrogen-bond donors (Lipinski definition) is 4. The molecule has 4 aliphatic carbocycles. The maximum atomic E-state index is 14.0. The van der Waals surface area contributed by atoms with E-state index in [9.17, 15) is 28.8 Å². The number of carbonyl (C=O) groups excluding carboxylic acids is 6. The molecule has 5 N–H and O–H groups in total. The van der Waals surface area contributed by atoms with Gasteiger partial charge in [0.2, 0.25) is 17.7 Å². The fraction of sp³-hybridized carbons (Fsp3) is 0.824. The van der Waals surface area contributed by atoms with E-state index in [1.54, 1.807) is 0 Å². The number of esters is 3. The number of unbranched alkanes of at least 4 members (excludes halogenated alkanes) is 6. The highest BCUT2D eigenvalue weighted by Crippen LogP contribution is 2.70. The standard InChI is InChI=1S/C34H56N4O9/c1-45-25(39)13-7-4-10-16-36-28(42)31-19-32(29(43)37-17-11-5-8-14-26(40)46-2)21-33(20-31,24-34(35,22-31)23-32)30(44)38-18-12-6-9-15-27(41)47-3/h4-24,35H2,1-3H3,(H,36,42)(H,37,43)(H,38,44). The Labute approximate surface area is 278 Å². The number of hydrogen-bond acceptors (Lipinski definition) is 10. The summed E-state index contributed by atoms with van der Waals surface area (Å²) in [7, 11) is 4.08. The highest BCUT2D eigenvalue weighted by molar-refractivity contribution is 5.93. The minimum Gasteiger partial charge on any atom is -0.469 e. The molecular weight excluding hydrogens is 608 g/mol. The predicted octanol–water partition coefficient (Wildman–Crippen LogP) is 2.57. The first-order chi connectivity index (χ1) is 22.4. The fourth-order valence-electron chi connectivity index (χ4n) is 8.63. The maximum Gasteiger partial charge on any atom is 0.305 e. The number of rotatable bonds is 21. The summed E-state index contributed by atoms with van der Waals surface area (Å²) in [6.45, 7) is 1.28. The van der Waals surface area contributed by atoms with Crippen molar-refractivity contribution in [3.63, 3.8) is 0 Å². The minimum atomic E-state index is -0.953. The number of amides is 3. The van der Waals surface area contributed by atoms with Crippen LogP contribution in [0, 0.1) is 16.2 Å². The van der Waals surface area contributed by atoms with Crippen LogP contribution >= 0.6 is 0 Å². The summed E-state index contributed by atoms with van der Waals surface area (Å²) in [5.41, 5.74) is 3.32. The zero-order valence-electron chi connectivity index (χ0n) is 28.6. The smallest absolute Gasteiger partial charge is 0.305 e. The summed E-state index contributed by atoms with van der Waals surface area (Å²) in [5, 5.41) is 9.25. The van der Waals surface area contributed by atoms with E-state index >= 15 is 0 Å². The van der Waals surface area contributed by atoms with E-state index in [2.05, 4.69) is 30.2 Å². The molecule has 0 saturated heterocycles. The van der Waals surface area contributed by atoms with Crippen molar-refractivity contribution in [2.75, 3.05) is 41.0 Å². The number of methoxy groups -OCH3 is 3. The molecule has 13 nitrogen and oxygen atoms in total. The number of nitrogens with two attached hydrogens (primary N) is 1. The molecule has 47 heavy (non-hydrogen) atoms. The van der Waals surface area contributed by atoms with Crippen LogP contribution in [0.3, 0.4) is 0 Å². The molecule has 0 unspecified atom stereocenters. The molecule has 13 heteroatoms. The van der Waals surface area contributed by atoms with Crippen LogP contribution in [0.2, 0.25) is 0 Å². The van der Waals surface area contributed by atoms with Crippen molar-refractivity contribution in [3.8, 4) is 0 Å². The highest BCUT2D eigenvalue weighted by atomic mass is 16.5. The van der Waals surface area contributed by atoms with Gasteiger partial charge in [0, 0.05) is 44.4 Å². The third-order valence-corrected chi connectivity index (χ3v) is 10.3. The lowest BCUT2D eigenvalue weighted by Gasteiger charge is -2.67. The van der Waals surface area contributed by atoms with Gasteiger partial charge >= 0.3 is 17.9 Å². The second-order valence-electron chi connectivity index (χ2n) is 14.2. The molecule has 0 atom stereocenters. The Morgan fingerprint density at radius 3 is 1.00 bits per heavy atom. The normalized spacial score (nSPS) is 27.1. The lowest BCUT2D eigenvalue weighted by Crippen LogP contribution is -2.74. The molecule has 0 spiro atoms. The molecule has 4 bridgehead atoms. The Morgan fingerprint density at radius 2 is 0.745 bits per heavy atom. The first kappa shape index (κ1) is 38.2. The summed E-state index contributed by atoms with van der Waals surface area (Å²) in [5.74, 6) is -1.28. The van der Waals surface area contributed by atoms with E-state index in [4.69, 9.17) is 5.73 Å². The van der Waals surface area contributed by atoms with E-state index in [-0.39, 0.29) is 35.6 Å². The molecule has 0 aromatic heterocycles. The van der Waals surface area contributed by atoms with Crippen LogP contribution in [0.4, 0.5) is 0 Å². The van der Waals surface area contributed by atoms with Crippen molar-refractivity contribution in [3.05, 3.63) is 0 Å². The Morgan fingerprint density at radius 1 is 0.468 bits per heavy atom. The van der Waals surface area contributed by atoms with Gasteiger partial charge in [-0.1, -0.05) is 19.3 Å². The third kappa shape index (κ3) is 10.1. The molecule has 266 valence electrons. The largest absolute Gasteiger partial charge is 0.469 e. The SMILES string of the molecule is COC(=O)CCCCCNC(=O)C12CC3(N)CC(C(=O)NCCCCCC(=O)OC)(C1)CC(C(=O)NCCCCCC(=O)OC)(C3)C2. The summed E-state index contributed by atoms with van der Waals surface area (Å²) in [6.07, 6.45) is 9.56. The van der Waals surface area contributed by atoms with Crippen LogP contribution in [-0.4, -0.2) is 82.1 Å². The molecule has 4 fully saturated rings. The van der Waals surface area contributed by atoms with Gasteiger partial charge in [0.05, 0.1) is 37.6 Å². The Kier molecular flexibility index (Phi) is 14.0. The number of carbonyl (C=O) groups is 6. The number of ether oxygens (including phenoxy) is 3. The van der Waals surface area contributed by atoms with E-state index < -0.39 is 21.8 Å². The van der Waals surface area contributed by atoms with Crippen molar-refractivity contribution in [2.45, 2.75) is 121 Å². The maximum absolute atomic E-state index is 14.0. The Balaban J connectivity index is 1.70. The molecule has 4 rings (SSSR count). The minimum absolute atomic E-state index is 0.167. The Bertz CT molecular complexity index is 999. The zero-order chi connectivity index (χ0) is 34.6. The van der Waals surface area contributed by atoms with Crippen LogP contribution < -0.4 is 21.7 Å². The van der Waals surface area contributed by atoms with Crippen LogP contribution in [0.1, 0.15) is 116 Å². The van der Waals surface area contributed by atoms with Crippen molar-refractivity contribution in [1.82, 2.24) is 16.0 Å². The molecule has 0 aromatic rings. The molecule has 0 aliphatic heterocycles. The Hall–Kier alpha value is -3.22. The fourth-order valence-corrected chi connectivity index (χ4v) is 8.63. The van der Waals surface area contributed by atoms with Crippen LogP contribution in [0.5, 0.6) is 0 Å². The zero-order valence-corrected chi connectivity index (χ0v) is 28.6. The molecule has 4 saturated carbocycles. The van der Waals surface area contributed by atoms with Gasteiger partial charge in [-0.05, 0) is 77.0 Å². The lowest BCUT2D eigenvalue weighted by atomic mass is 9.37. The topological polar surface area (TPSA) is 192 Å². The van der Waals surface area contributed by atoms with Gasteiger partial charge < -0.3 is 35.9 Å². The monoisotopic (exact) mass is 664 g/mol. The summed E-state index contributed by atoms with van der Waals surface area (Å²) < 4.78 is 14.1. The van der Waals surface area contributed by atoms with Crippen molar-refractivity contribution >= 4 is 35.6 Å². The molecule has 0 radical (unpaired) electrons. The van der Waals surface area contributed by atoms with Gasteiger partial charge in [-0.3, -0.25) is 28.8 Å². The highest BCUT2D eigenvalue weighted by Gasteiger charge is 2.73. The van der Waals surface area contributed by atoms with E-state index in [0.717, 1.165) is 19.3 Å². The quantitative estimate of drug-likeness (QED) is 0.0805. The average molecular weight is 665 g/mol. The molecule has 0 aromatic carbocycles. The van der Waals surface area contributed by atoms with Crippen molar-refractivity contribution < 1.29 is 43.0 Å². The lowest BCUT2D eigenvalue weighted by molar-refractivity contribution is -0.192. The molecule has 0 heterocycles. The predicted molar refractivity (Wildman–Crippen MR) is 172 cm³/mol. The van der Waals surface area contributed by atoms with Gasteiger partial charge in [0.25, 0.3) is 0 Å². The molecule has 4 aliphatic rings. The van der Waals surface area contributed by atoms with E-state index in [1.165, 1.54) is 21.3 Å². The van der Waals surface area contributed by atoms with Crippen LogP contribution in [0.15, 0.2) is 0 Å². The average Bonchev–Trinajstić information content (AvgIpc) is 3.03. The number of nitrogens with one attached hydrogen (secondary N) is 3. The van der Waals surface area contributed by atoms with Crippen molar-refractivity contribution in [2.24, 2.45) is 22.0 Å². The molecule has 3 amide bonds. The third-order valence-electron chi connectivity index (χ3n) is 10.3. The van der Waals surface area contributed by atoms with Gasteiger partial charge in [-0.2, -0.15) is 0 Å². The first-order valence-electron chi connectivity index (χ1n) is 17.2. The van der Waals surface area contributed by atoms with Gasteiger partial charge in [0.1, 0.15) is 0 Å². The van der Waals surface area contributed by atoms with Gasteiger partial charge in [-0.25, -0.2) is 0 Å². The van der Waals surface area contributed by atoms with Gasteiger partial charge in [0.15, 0.2) is 0 Å². The van der Waals surface area contributed by atoms with E-state index in [0.29, 0.717) is 116 Å². The van der Waals surface area contributed by atoms with Crippen LogP contribution in [-0.2, 0) is 43.0 Å². The second kappa shape index (κ2) is 17.3. The summed E-state index contributed by atoms with van der Waals surface area (Å²) in [4.78, 5) is 76.2. The molecular formula is C34H56N4O9. The summed E-state index contributed by atoms with van der Waals surface area (Å²) in [6, 6.07) is 0. The van der Waals surface area contributed by atoms with Crippen molar-refractivity contribution in [1.29, 1.82) is 0 Å². The second-order valence-corrected chi connectivity index (χ2v) is 14.2. The first-order valence-corrected chi connectivity index (χ1v) is 17.2. The van der Waals surface area contributed by atoms with E-state index in [1.807, 2.05) is 0 Å². The summed E-state index contributed by atoms with van der Waals surface area (Å²) >= 11 is 0. The van der Waals surface area contributed by atoms with Gasteiger partial charge in [-0.15, -0.1) is 0 Å². The van der Waals surface area contributed by atoms with Crippen LogP contribution in [0.25, 0.3) is 0 Å².